The largest absolute Gasteiger partial charge is 0.302 e. The quantitative estimate of drug-likeness (QED) is 0.182. The van der Waals surface area contributed by atoms with E-state index in [4.69, 9.17) is 34.8 Å². The summed E-state index contributed by atoms with van der Waals surface area (Å²) in [6.07, 6.45) is 2.37. The average Bonchev–Trinajstić information content (AvgIpc) is 3.41. The number of thioether (sulfide) groups is 1. The van der Waals surface area contributed by atoms with Gasteiger partial charge < -0.3 is 9.88 Å². The van der Waals surface area contributed by atoms with Crippen LogP contribution in [0.5, 0.6) is 0 Å². The van der Waals surface area contributed by atoms with E-state index in [0.29, 0.717) is 44.0 Å². The molecule has 0 saturated heterocycles. The SMILES string of the molecule is C=CCn1c(Cc2ccc(Cl)cc2)nnc1SCC(=O)Nc1nc(-c2ccc(Cl)cc2Cl)cs1. The van der Waals surface area contributed by atoms with Crippen LogP contribution in [0, 0.1) is 0 Å². The van der Waals surface area contributed by atoms with Crippen LogP contribution >= 0.6 is 57.9 Å². The minimum absolute atomic E-state index is 0.160. The van der Waals surface area contributed by atoms with Gasteiger partial charge in [0.2, 0.25) is 5.91 Å². The zero-order chi connectivity index (χ0) is 24.1. The number of benzene rings is 2. The maximum Gasteiger partial charge on any atom is 0.236 e. The van der Waals surface area contributed by atoms with E-state index in [2.05, 4.69) is 27.1 Å². The molecule has 34 heavy (non-hydrogen) atoms. The van der Waals surface area contributed by atoms with E-state index < -0.39 is 0 Å². The Kier molecular flexibility index (Phi) is 8.28. The van der Waals surface area contributed by atoms with Crippen molar-refractivity contribution in [2.45, 2.75) is 18.1 Å². The number of carbonyl (C=O) groups excluding carboxylic acids is 1. The summed E-state index contributed by atoms with van der Waals surface area (Å²) in [5, 5.41) is 16.1. The molecule has 0 fully saturated rings. The minimum Gasteiger partial charge on any atom is -0.302 e. The fraction of sp³-hybridized carbons (Fsp3) is 0.130. The third-order valence-corrected chi connectivity index (χ3v) is 7.19. The van der Waals surface area contributed by atoms with Crippen molar-refractivity contribution < 1.29 is 4.79 Å². The van der Waals surface area contributed by atoms with Gasteiger partial charge in [-0.1, -0.05) is 64.8 Å². The van der Waals surface area contributed by atoms with Crippen LogP contribution in [0.25, 0.3) is 11.3 Å². The standard InChI is InChI=1S/C23H18Cl3N5OS2/c1-2-9-31-20(10-14-3-5-15(24)6-4-14)29-30-23(31)34-13-21(32)28-22-27-19(12-33-22)17-8-7-16(25)11-18(17)26/h2-8,11-12H,1,9-10,13H2,(H,27,28,32). The molecule has 174 valence electrons. The lowest BCUT2D eigenvalue weighted by molar-refractivity contribution is -0.113. The van der Waals surface area contributed by atoms with Crippen molar-refractivity contribution in [3.63, 3.8) is 0 Å². The second-order valence-electron chi connectivity index (χ2n) is 7.10. The van der Waals surface area contributed by atoms with Crippen LogP contribution in [0.4, 0.5) is 5.13 Å². The number of aromatic nitrogens is 4. The Balaban J connectivity index is 1.39. The minimum atomic E-state index is -0.194. The second kappa shape index (κ2) is 11.4. The van der Waals surface area contributed by atoms with Crippen molar-refractivity contribution >= 4 is 68.9 Å². The molecule has 0 bridgehead atoms. The molecule has 11 heteroatoms. The number of carbonyl (C=O) groups is 1. The van der Waals surface area contributed by atoms with Gasteiger partial charge in [0.15, 0.2) is 10.3 Å². The van der Waals surface area contributed by atoms with Crippen LogP contribution in [0.3, 0.4) is 0 Å². The zero-order valence-corrected chi connectivity index (χ0v) is 21.6. The van der Waals surface area contributed by atoms with Crippen LogP contribution in [0.15, 0.2) is 65.7 Å². The molecule has 0 aliphatic rings. The molecule has 2 heterocycles. The van der Waals surface area contributed by atoms with Gasteiger partial charge in [0.1, 0.15) is 5.82 Å². The zero-order valence-electron chi connectivity index (χ0n) is 17.7. The molecule has 2 aromatic heterocycles. The van der Waals surface area contributed by atoms with Crippen LogP contribution in [-0.2, 0) is 17.8 Å². The third kappa shape index (κ3) is 6.20. The molecule has 6 nitrogen and oxygen atoms in total. The first-order chi connectivity index (χ1) is 16.4. The van der Waals surface area contributed by atoms with Gasteiger partial charge in [-0.05, 0) is 35.9 Å². The number of nitrogens with one attached hydrogen (secondary N) is 1. The molecule has 0 aliphatic carbocycles. The number of anilines is 1. The highest BCUT2D eigenvalue weighted by atomic mass is 35.5. The lowest BCUT2D eigenvalue weighted by atomic mass is 10.1. The van der Waals surface area contributed by atoms with Gasteiger partial charge in [-0.3, -0.25) is 4.79 Å². The predicted molar refractivity (Wildman–Crippen MR) is 141 cm³/mol. The fourth-order valence-electron chi connectivity index (χ4n) is 3.09. The van der Waals surface area contributed by atoms with Crippen molar-refractivity contribution in [3.05, 3.63) is 87.0 Å². The molecule has 0 aliphatic heterocycles. The van der Waals surface area contributed by atoms with Crippen molar-refractivity contribution in [2.24, 2.45) is 0 Å². The number of amides is 1. The topological polar surface area (TPSA) is 72.7 Å². The van der Waals surface area contributed by atoms with E-state index in [1.807, 2.05) is 34.2 Å². The first-order valence-electron chi connectivity index (χ1n) is 10.0. The van der Waals surface area contributed by atoms with E-state index >= 15 is 0 Å². The highest BCUT2D eigenvalue weighted by Crippen LogP contribution is 2.32. The van der Waals surface area contributed by atoms with Gasteiger partial charge in [-0.15, -0.1) is 28.1 Å². The lowest BCUT2D eigenvalue weighted by Crippen LogP contribution is -2.14. The van der Waals surface area contributed by atoms with Gasteiger partial charge in [0.25, 0.3) is 0 Å². The Bertz CT molecular complexity index is 1320. The van der Waals surface area contributed by atoms with Crippen molar-refractivity contribution in [1.82, 2.24) is 19.7 Å². The maximum absolute atomic E-state index is 12.5. The van der Waals surface area contributed by atoms with Crippen molar-refractivity contribution in [1.29, 1.82) is 0 Å². The normalized spacial score (nSPS) is 10.9. The Morgan fingerprint density at radius 2 is 1.88 bits per heavy atom. The maximum atomic E-state index is 12.5. The van der Waals surface area contributed by atoms with Crippen molar-refractivity contribution in [2.75, 3.05) is 11.1 Å². The fourth-order valence-corrected chi connectivity index (χ4v) is 5.22. The van der Waals surface area contributed by atoms with E-state index in [-0.39, 0.29) is 11.7 Å². The highest BCUT2D eigenvalue weighted by molar-refractivity contribution is 7.99. The number of halogens is 3. The molecule has 4 rings (SSSR count). The Morgan fingerprint density at radius 3 is 2.62 bits per heavy atom. The Morgan fingerprint density at radius 1 is 1.12 bits per heavy atom. The third-order valence-electron chi connectivity index (χ3n) is 4.67. The molecule has 1 N–H and O–H groups in total. The first kappa shape index (κ1) is 24.8. The predicted octanol–water partition coefficient (Wildman–Crippen LogP) is 6.87. The summed E-state index contributed by atoms with van der Waals surface area (Å²) >= 11 is 20.8. The summed E-state index contributed by atoms with van der Waals surface area (Å²) in [7, 11) is 0. The van der Waals surface area contributed by atoms with E-state index in [1.54, 1.807) is 24.3 Å². The molecular weight excluding hydrogens is 533 g/mol. The van der Waals surface area contributed by atoms with Gasteiger partial charge in [-0.2, -0.15) is 0 Å². The molecule has 4 aromatic rings. The van der Waals surface area contributed by atoms with Crippen molar-refractivity contribution in [3.8, 4) is 11.3 Å². The van der Waals surface area contributed by atoms with E-state index in [9.17, 15) is 4.79 Å². The molecule has 1 amide bonds. The first-order valence-corrected chi connectivity index (χ1v) is 13.0. The molecule has 0 atom stereocenters. The van der Waals surface area contributed by atoms with Gasteiger partial charge in [-0.25, -0.2) is 4.98 Å². The van der Waals surface area contributed by atoms with Crippen LogP contribution in [0.1, 0.15) is 11.4 Å². The van der Waals surface area contributed by atoms with E-state index in [1.165, 1.54) is 23.1 Å². The summed E-state index contributed by atoms with van der Waals surface area (Å²) in [6, 6.07) is 12.8. The van der Waals surface area contributed by atoms with Gasteiger partial charge in [0, 0.05) is 34.0 Å². The van der Waals surface area contributed by atoms with E-state index in [0.717, 1.165) is 17.0 Å². The molecule has 0 radical (unpaired) electrons. The van der Waals surface area contributed by atoms with Gasteiger partial charge in [0.05, 0.1) is 16.5 Å². The molecule has 0 unspecified atom stereocenters. The van der Waals surface area contributed by atoms with Crippen LogP contribution < -0.4 is 5.32 Å². The second-order valence-corrected chi connectivity index (χ2v) is 10.2. The van der Waals surface area contributed by atoms with Crippen LogP contribution in [0.2, 0.25) is 15.1 Å². The number of nitrogens with zero attached hydrogens (tertiary/aromatic N) is 4. The molecule has 0 saturated carbocycles. The summed E-state index contributed by atoms with van der Waals surface area (Å²) in [5.41, 5.74) is 2.49. The highest BCUT2D eigenvalue weighted by Gasteiger charge is 2.15. The number of rotatable bonds is 9. The van der Waals surface area contributed by atoms with Gasteiger partial charge >= 0.3 is 0 Å². The number of hydrogen-bond acceptors (Lipinski definition) is 6. The monoisotopic (exact) mass is 549 g/mol. The molecular formula is C23H18Cl3N5OS2. The summed E-state index contributed by atoms with van der Waals surface area (Å²) < 4.78 is 1.95. The Labute approximate surface area is 220 Å². The summed E-state index contributed by atoms with van der Waals surface area (Å²) in [5.74, 6) is 0.752. The number of allylic oxidation sites excluding steroid dienone is 1. The number of thiazole rings is 1. The van der Waals surface area contributed by atoms with Crippen LogP contribution in [-0.4, -0.2) is 31.4 Å². The number of hydrogen-bond donors (Lipinski definition) is 1. The lowest BCUT2D eigenvalue weighted by Gasteiger charge is -2.08. The smallest absolute Gasteiger partial charge is 0.236 e. The molecule has 0 spiro atoms. The Hall–Kier alpha value is -2.36. The summed E-state index contributed by atoms with van der Waals surface area (Å²) in [4.78, 5) is 17.0. The average molecular weight is 551 g/mol. The molecule has 2 aromatic carbocycles. The summed E-state index contributed by atoms with van der Waals surface area (Å²) in [6.45, 7) is 4.36.